The number of nitrogens with zero attached hydrogens (tertiary/aromatic N) is 3. The molecule has 8 heteroatoms. The van der Waals surface area contributed by atoms with Crippen LogP contribution in [0.3, 0.4) is 0 Å². The molecular formula is C22H28FN5O2. The normalized spacial score (nSPS) is 14.4. The van der Waals surface area contributed by atoms with Gasteiger partial charge in [0.05, 0.1) is 13.7 Å². The molecule has 3 rings (SSSR count). The quantitative estimate of drug-likeness (QED) is 0.582. The lowest BCUT2D eigenvalue weighted by Crippen LogP contribution is -2.52. The molecule has 0 saturated carbocycles. The fraction of sp³-hybridized carbons (Fsp3) is 0.364. The number of halogens is 1. The van der Waals surface area contributed by atoms with Crippen LogP contribution in [0, 0.1) is 5.82 Å². The zero-order valence-corrected chi connectivity index (χ0v) is 17.4. The number of nitrogens with one attached hydrogen (secondary N) is 2. The summed E-state index contributed by atoms with van der Waals surface area (Å²) in [5, 5.41) is 6.00. The molecule has 0 spiro atoms. The molecule has 0 unspecified atom stereocenters. The first kappa shape index (κ1) is 21.4. The lowest BCUT2D eigenvalue weighted by Gasteiger charge is -2.37. The van der Waals surface area contributed by atoms with Crippen molar-refractivity contribution in [1.29, 1.82) is 0 Å². The van der Waals surface area contributed by atoms with Gasteiger partial charge in [0.2, 0.25) is 0 Å². The molecule has 1 aliphatic heterocycles. The number of amides is 1. The summed E-state index contributed by atoms with van der Waals surface area (Å²) in [5.41, 5.74) is 2.77. The van der Waals surface area contributed by atoms with Gasteiger partial charge in [-0.15, -0.1) is 0 Å². The Hall–Kier alpha value is -3.29. The maximum atomic E-state index is 13.2. The Kier molecular flexibility index (Phi) is 7.48. The molecular weight excluding hydrogens is 385 g/mol. The highest BCUT2D eigenvalue weighted by molar-refractivity contribution is 5.84. The Balaban J connectivity index is 1.58. The second kappa shape index (κ2) is 10.5. The van der Waals surface area contributed by atoms with Gasteiger partial charge >= 0.3 is 6.09 Å². The molecule has 1 amide bonds. The molecule has 2 aromatic rings. The molecule has 2 N–H and O–H groups in total. The van der Waals surface area contributed by atoms with Gasteiger partial charge in [-0.05, 0) is 48.9 Å². The molecule has 0 radical (unpaired) electrons. The number of carbonyl (C=O) groups excluding carboxylic acids is 1. The summed E-state index contributed by atoms with van der Waals surface area (Å²) in [7, 11) is 1.33. The molecule has 0 bridgehead atoms. The van der Waals surface area contributed by atoms with E-state index < -0.39 is 6.09 Å². The van der Waals surface area contributed by atoms with Crippen LogP contribution < -0.4 is 15.5 Å². The number of aliphatic imine (C=N–C) groups is 1. The minimum absolute atomic E-state index is 0.215. The molecule has 1 saturated heterocycles. The third-order valence-corrected chi connectivity index (χ3v) is 4.90. The van der Waals surface area contributed by atoms with Crippen LogP contribution in [-0.4, -0.2) is 56.8 Å². The summed E-state index contributed by atoms with van der Waals surface area (Å²) in [6.07, 6.45) is -0.491. The number of piperazine rings is 1. The number of benzene rings is 2. The Morgan fingerprint density at radius 1 is 1.07 bits per heavy atom. The predicted molar refractivity (Wildman–Crippen MR) is 117 cm³/mol. The Bertz CT molecular complexity index is 847. The van der Waals surface area contributed by atoms with Crippen molar-refractivity contribution in [3.63, 3.8) is 0 Å². The van der Waals surface area contributed by atoms with Gasteiger partial charge in [-0.25, -0.2) is 14.2 Å². The van der Waals surface area contributed by atoms with E-state index in [0.717, 1.165) is 49.9 Å². The van der Waals surface area contributed by atoms with Crippen LogP contribution in [-0.2, 0) is 11.3 Å². The first-order valence-corrected chi connectivity index (χ1v) is 10.1. The van der Waals surface area contributed by atoms with E-state index in [1.807, 2.05) is 36.4 Å². The number of anilines is 2. The van der Waals surface area contributed by atoms with Gasteiger partial charge in [0.25, 0.3) is 0 Å². The molecule has 0 aromatic heterocycles. The Morgan fingerprint density at radius 3 is 2.33 bits per heavy atom. The minimum Gasteiger partial charge on any atom is -0.453 e. The molecule has 0 aliphatic carbocycles. The van der Waals surface area contributed by atoms with Crippen molar-refractivity contribution in [2.75, 3.05) is 50.1 Å². The van der Waals surface area contributed by atoms with Crippen LogP contribution in [0.15, 0.2) is 53.5 Å². The standard InChI is InChI=1S/C22H28FN5O2/c1-3-24-21(25-16-17-4-8-19(9-5-17)26-22(29)30-2)28-14-12-27(13-15-28)20-10-6-18(23)7-11-20/h4-11H,3,12-16H2,1-2H3,(H,24,25)(H,26,29). The van der Waals surface area contributed by atoms with Crippen molar-refractivity contribution in [3.05, 3.63) is 59.9 Å². The largest absolute Gasteiger partial charge is 0.453 e. The van der Waals surface area contributed by atoms with Crippen molar-refractivity contribution in [1.82, 2.24) is 10.2 Å². The van der Waals surface area contributed by atoms with Crippen LogP contribution in [0.25, 0.3) is 0 Å². The van der Waals surface area contributed by atoms with E-state index in [-0.39, 0.29) is 5.82 Å². The van der Waals surface area contributed by atoms with E-state index in [9.17, 15) is 9.18 Å². The van der Waals surface area contributed by atoms with Crippen molar-refractivity contribution < 1.29 is 13.9 Å². The second-order valence-electron chi connectivity index (χ2n) is 6.93. The molecule has 30 heavy (non-hydrogen) atoms. The van der Waals surface area contributed by atoms with Gasteiger partial charge in [-0.1, -0.05) is 12.1 Å². The average Bonchev–Trinajstić information content (AvgIpc) is 2.78. The van der Waals surface area contributed by atoms with Crippen molar-refractivity contribution >= 4 is 23.4 Å². The zero-order chi connectivity index (χ0) is 21.3. The van der Waals surface area contributed by atoms with Gasteiger partial charge in [0.1, 0.15) is 5.82 Å². The summed E-state index contributed by atoms with van der Waals surface area (Å²) in [4.78, 5) is 20.5. The number of guanidine groups is 1. The minimum atomic E-state index is -0.491. The summed E-state index contributed by atoms with van der Waals surface area (Å²) < 4.78 is 17.7. The third-order valence-electron chi connectivity index (χ3n) is 4.90. The fourth-order valence-corrected chi connectivity index (χ4v) is 3.28. The molecule has 1 heterocycles. The maximum Gasteiger partial charge on any atom is 0.411 e. The van der Waals surface area contributed by atoms with Gasteiger partial charge < -0.3 is 19.9 Å². The van der Waals surface area contributed by atoms with Gasteiger partial charge in [-0.3, -0.25) is 5.32 Å². The number of hydrogen-bond acceptors (Lipinski definition) is 4. The van der Waals surface area contributed by atoms with Crippen molar-refractivity contribution in [2.45, 2.75) is 13.5 Å². The van der Waals surface area contributed by atoms with Crippen LogP contribution >= 0.6 is 0 Å². The van der Waals surface area contributed by atoms with E-state index in [0.29, 0.717) is 12.2 Å². The topological polar surface area (TPSA) is 69.2 Å². The van der Waals surface area contributed by atoms with E-state index >= 15 is 0 Å². The number of rotatable bonds is 5. The monoisotopic (exact) mass is 413 g/mol. The van der Waals surface area contributed by atoms with Gasteiger partial charge in [-0.2, -0.15) is 0 Å². The maximum absolute atomic E-state index is 13.2. The number of methoxy groups -OCH3 is 1. The summed E-state index contributed by atoms with van der Waals surface area (Å²) in [5.74, 6) is 0.668. The second-order valence-corrected chi connectivity index (χ2v) is 6.93. The highest BCUT2D eigenvalue weighted by Gasteiger charge is 2.19. The van der Waals surface area contributed by atoms with Crippen LogP contribution in [0.1, 0.15) is 12.5 Å². The third kappa shape index (κ3) is 5.85. The average molecular weight is 413 g/mol. The van der Waals surface area contributed by atoms with Crippen LogP contribution in [0.4, 0.5) is 20.6 Å². The number of hydrogen-bond donors (Lipinski definition) is 2. The summed E-state index contributed by atoms with van der Waals surface area (Å²) >= 11 is 0. The van der Waals surface area contributed by atoms with Crippen LogP contribution in [0.5, 0.6) is 0 Å². The van der Waals surface area contributed by atoms with E-state index in [2.05, 4.69) is 32.1 Å². The van der Waals surface area contributed by atoms with Gasteiger partial charge in [0, 0.05) is 44.1 Å². The predicted octanol–water partition coefficient (Wildman–Crippen LogP) is 3.29. The molecule has 0 atom stereocenters. The van der Waals surface area contributed by atoms with Crippen molar-refractivity contribution in [3.8, 4) is 0 Å². The lowest BCUT2D eigenvalue weighted by atomic mass is 10.2. The van der Waals surface area contributed by atoms with Crippen molar-refractivity contribution in [2.24, 2.45) is 4.99 Å². The number of carbonyl (C=O) groups is 1. The van der Waals surface area contributed by atoms with Gasteiger partial charge in [0.15, 0.2) is 5.96 Å². The SMILES string of the molecule is CCNC(=NCc1ccc(NC(=O)OC)cc1)N1CCN(c2ccc(F)cc2)CC1. The number of ether oxygens (including phenoxy) is 1. The molecule has 7 nitrogen and oxygen atoms in total. The van der Waals surface area contributed by atoms with Crippen LogP contribution in [0.2, 0.25) is 0 Å². The first-order valence-electron chi connectivity index (χ1n) is 10.1. The molecule has 160 valence electrons. The van der Waals surface area contributed by atoms with E-state index in [1.54, 1.807) is 0 Å². The highest BCUT2D eigenvalue weighted by Crippen LogP contribution is 2.17. The molecule has 2 aromatic carbocycles. The van der Waals surface area contributed by atoms with E-state index in [1.165, 1.54) is 19.2 Å². The summed E-state index contributed by atoms with van der Waals surface area (Å²) in [6.45, 7) is 6.76. The zero-order valence-electron chi connectivity index (χ0n) is 17.4. The Morgan fingerprint density at radius 2 is 1.73 bits per heavy atom. The Labute approximate surface area is 176 Å². The first-order chi connectivity index (χ1) is 14.6. The smallest absolute Gasteiger partial charge is 0.411 e. The molecule has 1 fully saturated rings. The molecule has 1 aliphatic rings. The van der Waals surface area contributed by atoms with E-state index in [4.69, 9.17) is 4.99 Å². The highest BCUT2D eigenvalue weighted by atomic mass is 19.1. The fourth-order valence-electron chi connectivity index (χ4n) is 3.28. The summed E-state index contributed by atoms with van der Waals surface area (Å²) in [6, 6.07) is 14.2. The lowest BCUT2D eigenvalue weighted by molar-refractivity contribution is 0.187.